The lowest BCUT2D eigenvalue weighted by Crippen LogP contribution is -2.16. The summed E-state index contributed by atoms with van der Waals surface area (Å²) in [5, 5.41) is 3.28. The van der Waals surface area contributed by atoms with Crippen LogP contribution < -0.4 is 5.32 Å². The van der Waals surface area contributed by atoms with E-state index in [1.807, 2.05) is 17.8 Å². The number of rotatable bonds is 7. The first-order chi connectivity index (χ1) is 6.93. The van der Waals surface area contributed by atoms with E-state index in [0.29, 0.717) is 0 Å². The summed E-state index contributed by atoms with van der Waals surface area (Å²) in [5.74, 6) is 2.26. The molecule has 0 heterocycles. The molecule has 0 radical (unpaired) electrons. The molecule has 0 unspecified atom stereocenters. The van der Waals surface area contributed by atoms with Crippen molar-refractivity contribution in [3.8, 4) is 0 Å². The Morgan fingerprint density at radius 3 is 2.79 bits per heavy atom. The van der Waals surface area contributed by atoms with Gasteiger partial charge in [-0.3, -0.25) is 0 Å². The zero-order chi connectivity index (χ0) is 10.1. The van der Waals surface area contributed by atoms with E-state index in [1.165, 1.54) is 5.56 Å². The molecule has 0 aromatic heterocycles. The predicted octanol–water partition coefficient (Wildman–Crippen LogP) is 2.70. The fourth-order valence-electron chi connectivity index (χ4n) is 1.11. The SMILES string of the molecule is C=CCNCCSCc1ccccc1. The van der Waals surface area contributed by atoms with Crippen LogP contribution in [0.1, 0.15) is 5.56 Å². The summed E-state index contributed by atoms with van der Waals surface area (Å²) in [4.78, 5) is 0. The van der Waals surface area contributed by atoms with Gasteiger partial charge in [0.25, 0.3) is 0 Å². The van der Waals surface area contributed by atoms with E-state index in [1.54, 1.807) is 0 Å². The summed E-state index contributed by atoms with van der Waals surface area (Å²) in [5.41, 5.74) is 1.40. The molecule has 0 bridgehead atoms. The van der Waals surface area contributed by atoms with Crippen molar-refractivity contribution in [1.29, 1.82) is 0 Å². The quantitative estimate of drug-likeness (QED) is 0.545. The van der Waals surface area contributed by atoms with Crippen LogP contribution in [0.25, 0.3) is 0 Å². The van der Waals surface area contributed by atoms with E-state index in [0.717, 1.165) is 24.6 Å². The number of nitrogens with one attached hydrogen (secondary N) is 1. The molecule has 0 fully saturated rings. The van der Waals surface area contributed by atoms with E-state index in [2.05, 4.69) is 42.2 Å². The van der Waals surface area contributed by atoms with Crippen molar-refractivity contribution in [2.24, 2.45) is 0 Å². The van der Waals surface area contributed by atoms with Crippen LogP contribution >= 0.6 is 11.8 Å². The maximum Gasteiger partial charge on any atom is 0.0185 e. The average molecular weight is 207 g/mol. The molecule has 0 saturated heterocycles. The Labute approximate surface area is 90.6 Å². The van der Waals surface area contributed by atoms with Crippen molar-refractivity contribution in [2.45, 2.75) is 5.75 Å². The molecule has 1 nitrogen and oxygen atoms in total. The third-order valence-corrected chi connectivity index (χ3v) is 2.85. The molecule has 0 amide bonds. The zero-order valence-electron chi connectivity index (χ0n) is 8.41. The number of hydrogen-bond donors (Lipinski definition) is 1. The standard InChI is InChI=1S/C12H17NS/c1-2-8-13-9-10-14-11-12-6-4-3-5-7-12/h2-7,13H,1,8-11H2. The summed E-state index contributed by atoms with van der Waals surface area (Å²) >= 11 is 1.96. The minimum atomic E-state index is 0.909. The molecule has 1 rings (SSSR count). The smallest absolute Gasteiger partial charge is 0.0185 e. The van der Waals surface area contributed by atoms with Crippen molar-refractivity contribution < 1.29 is 0 Å². The van der Waals surface area contributed by atoms with Crippen molar-refractivity contribution >= 4 is 11.8 Å². The van der Waals surface area contributed by atoms with Crippen LogP contribution in [0.2, 0.25) is 0 Å². The summed E-state index contributed by atoms with van der Waals surface area (Å²) < 4.78 is 0. The van der Waals surface area contributed by atoms with Crippen LogP contribution in [0.15, 0.2) is 43.0 Å². The summed E-state index contributed by atoms with van der Waals surface area (Å²) in [7, 11) is 0. The van der Waals surface area contributed by atoms with Gasteiger partial charge in [-0.2, -0.15) is 11.8 Å². The van der Waals surface area contributed by atoms with E-state index in [4.69, 9.17) is 0 Å². The summed E-state index contributed by atoms with van der Waals surface area (Å²) in [6, 6.07) is 10.6. The minimum Gasteiger partial charge on any atom is -0.312 e. The molecular formula is C12H17NS. The Morgan fingerprint density at radius 1 is 1.29 bits per heavy atom. The lowest BCUT2D eigenvalue weighted by molar-refractivity contribution is 0.807. The van der Waals surface area contributed by atoms with Gasteiger partial charge in [-0.1, -0.05) is 36.4 Å². The highest BCUT2D eigenvalue weighted by molar-refractivity contribution is 7.98. The minimum absolute atomic E-state index is 0.909. The Morgan fingerprint density at radius 2 is 2.07 bits per heavy atom. The van der Waals surface area contributed by atoms with Crippen LogP contribution in [-0.2, 0) is 5.75 Å². The molecule has 0 saturated carbocycles. The number of benzene rings is 1. The van der Waals surface area contributed by atoms with Gasteiger partial charge in [0.05, 0.1) is 0 Å². The third kappa shape index (κ3) is 5.10. The molecule has 0 atom stereocenters. The third-order valence-electron chi connectivity index (χ3n) is 1.82. The highest BCUT2D eigenvalue weighted by Crippen LogP contribution is 2.10. The van der Waals surface area contributed by atoms with Gasteiger partial charge in [-0.05, 0) is 5.56 Å². The first kappa shape index (κ1) is 11.3. The molecule has 1 aromatic carbocycles. The molecule has 0 spiro atoms. The van der Waals surface area contributed by atoms with Gasteiger partial charge in [-0.15, -0.1) is 6.58 Å². The molecule has 0 aliphatic heterocycles. The molecule has 2 heteroatoms. The summed E-state index contributed by atoms with van der Waals surface area (Å²) in [6.45, 7) is 5.62. The maximum atomic E-state index is 3.66. The normalized spacial score (nSPS) is 10.0. The number of hydrogen-bond acceptors (Lipinski definition) is 2. The van der Waals surface area contributed by atoms with Crippen molar-refractivity contribution in [3.05, 3.63) is 48.6 Å². The predicted molar refractivity (Wildman–Crippen MR) is 65.7 cm³/mol. The monoisotopic (exact) mass is 207 g/mol. The first-order valence-electron chi connectivity index (χ1n) is 4.87. The van der Waals surface area contributed by atoms with Crippen LogP contribution in [-0.4, -0.2) is 18.8 Å². The molecular weight excluding hydrogens is 190 g/mol. The molecule has 76 valence electrons. The lowest BCUT2D eigenvalue weighted by atomic mass is 10.2. The van der Waals surface area contributed by atoms with Gasteiger partial charge in [0.2, 0.25) is 0 Å². The second-order valence-electron chi connectivity index (χ2n) is 3.03. The van der Waals surface area contributed by atoms with Crippen molar-refractivity contribution in [1.82, 2.24) is 5.32 Å². The zero-order valence-corrected chi connectivity index (χ0v) is 9.22. The van der Waals surface area contributed by atoms with E-state index < -0.39 is 0 Å². The van der Waals surface area contributed by atoms with E-state index >= 15 is 0 Å². The Bertz CT molecular complexity index is 246. The molecule has 14 heavy (non-hydrogen) atoms. The molecule has 1 N–H and O–H groups in total. The van der Waals surface area contributed by atoms with Crippen LogP contribution in [0.4, 0.5) is 0 Å². The van der Waals surface area contributed by atoms with Gasteiger partial charge >= 0.3 is 0 Å². The Hall–Kier alpha value is -0.730. The largest absolute Gasteiger partial charge is 0.312 e. The highest BCUT2D eigenvalue weighted by Gasteiger charge is 1.91. The fraction of sp³-hybridized carbons (Fsp3) is 0.333. The topological polar surface area (TPSA) is 12.0 Å². The van der Waals surface area contributed by atoms with Gasteiger partial charge in [0.15, 0.2) is 0 Å². The fourth-order valence-corrected chi connectivity index (χ4v) is 1.97. The first-order valence-corrected chi connectivity index (χ1v) is 6.02. The van der Waals surface area contributed by atoms with Gasteiger partial charge < -0.3 is 5.32 Å². The second kappa shape index (κ2) is 7.65. The number of thioether (sulfide) groups is 1. The van der Waals surface area contributed by atoms with Crippen LogP contribution in [0.3, 0.4) is 0 Å². The van der Waals surface area contributed by atoms with Crippen LogP contribution in [0, 0.1) is 0 Å². The molecule has 0 aliphatic rings. The summed E-state index contributed by atoms with van der Waals surface area (Å²) in [6.07, 6.45) is 1.89. The maximum absolute atomic E-state index is 3.66. The Balaban J connectivity index is 2.02. The van der Waals surface area contributed by atoms with Gasteiger partial charge in [-0.25, -0.2) is 0 Å². The second-order valence-corrected chi connectivity index (χ2v) is 4.14. The average Bonchev–Trinajstić information content (AvgIpc) is 2.25. The molecule has 0 aliphatic carbocycles. The lowest BCUT2D eigenvalue weighted by Gasteiger charge is -2.02. The van der Waals surface area contributed by atoms with Gasteiger partial charge in [0.1, 0.15) is 0 Å². The van der Waals surface area contributed by atoms with E-state index in [9.17, 15) is 0 Å². The van der Waals surface area contributed by atoms with Gasteiger partial charge in [0, 0.05) is 24.6 Å². The molecule has 1 aromatic rings. The highest BCUT2D eigenvalue weighted by atomic mass is 32.2. The van der Waals surface area contributed by atoms with E-state index in [-0.39, 0.29) is 0 Å². The van der Waals surface area contributed by atoms with Crippen molar-refractivity contribution in [3.63, 3.8) is 0 Å². The van der Waals surface area contributed by atoms with Crippen molar-refractivity contribution in [2.75, 3.05) is 18.8 Å². The Kier molecular flexibility index (Phi) is 6.20. The van der Waals surface area contributed by atoms with Crippen LogP contribution in [0.5, 0.6) is 0 Å².